The second-order valence-corrected chi connectivity index (χ2v) is 8.08. The van der Waals surface area contributed by atoms with Crippen LogP contribution in [0.15, 0.2) is 36.4 Å². The van der Waals surface area contributed by atoms with Crippen molar-refractivity contribution in [3.05, 3.63) is 47.5 Å². The Morgan fingerprint density at radius 3 is 2.53 bits per heavy atom. The van der Waals surface area contributed by atoms with Crippen LogP contribution in [0.4, 0.5) is 10.5 Å². The number of hydrogen-bond acceptors (Lipinski definition) is 5. The minimum absolute atomic E-state index is 0.0163. The maximum absolute atomic E-state index is 13.1. The molecule has 1 saturated heterocycles. The van der Waals surface area contributed by atoms with E-state index in [0.717, 1.165) is 23.2 Å². The van der Waals surface area contributed by atoms with Crippen molar-refractivity contribution in [3.63, 3.8) is 0 Å². The molecule has 2 aromatic carbocycles. The van der Waals surface area contributed by atoms with E-state index in [-0.39, 0.29) is 30.4 Å². The molecule has 0 bridgehead atoms. The van der Waals surface area contributed by atoms with E-state index in [1.54, 1.807) is 26.2 Å². The number of ether oxygens (including phenoxy) is 3. The van der Waals surface area contributed by atoms with Crippen molar-refractivity contribution in [2.75, 3.05) is 39.3 Å². The average Bonchev–Trinajstić information content (AvgIpc) is 3.18. The van der Waals surface area contributed by atoms with Gasteiger partial charge in [0, 0.05) is 31.3 Å². The highest BCUT2D eigenvalue weighted by atomic mass is 16.5. The van der Waals surface area contributed by atoms with Crippen molar-refractivity contribution in [1.82, 2.24) is 10.2 Å². The highest BCUT2D eigenvalue weighted by Crippen LogP contribution is 2.38. The number of rotatable bonds is 5. The van der Waals surface area contributed by atoms with Gasteiger partial charge in [0.25, 0.3) is 0 Å². The van der Waals surface area contributed by atoms with Crippen molar-refractivity contribution in [3.8, 4) is 17.2 Å². The number of hydrogen-bond donors (Lipinski definition) is 1. The zero-order chi connectivity index (χ0) is 22.8. The predicted molar refractivity (Wildman–Crippen MR) is 121 cm³/mol. The number of urea groups is 1. The van der Waals surface area contributed by atoms with Crippen molar-refractivity contribution in [2.45, 2.75) is 31.8 Å². The molecule has 1 N–H and O–H groups in total. The molecule has 32 heavy (non-hydrogen) atoms. The van der Waals surface area contributed by atoms with E-state index in [1.165, 1.54) is 0 Å². The van der Waals surface area contributed by atoms with Crippen molar-refractivity contribution >= 4 is 17.6 Å². The molecule has 170 valence electrons. The highest BCUT2D eigenvalue weighted by molar-refractivity contribution is 5.97. The van der Waals surface area contributed by atoms with Crippen LogP contribution >= 0.6 is 0 Å². The summed E-state index contributed by atoms with van der Waals surface area (Å²) >= 11 is 0. The Balaban J connectivity index is 1.45. The normalized spacial score (nSPS) is 20.1. The summed E-state index contributed by atoms with van der Waals surface area (Å²) in [6.45, 7) is 3.03. The first-order valence-corrected chi connectivity index (χ1v) is 10.7. The molecule has 0 unspecified atom stereocenters. The number of carbonyl (C=O) groups is 2. The summed E-state index contributed by atoms with van der Waals surface area (Å²) in [5.74, 6) is 2.02. The van der Waals surface area contributed by atoms with Gasteiger partial charge in [0.15, 0.2) is 11.5 Å². The van der Waals surface area contributed by atoms with Gasteiger partial charge in [0.05, 0.1) is 33.4 Å². The Kier molecular flexibility index (Phi) is 6.12. The van der Waals surface area contributed by atoms with Gasteiger partial charge in [0.2, 0.25) is 5.91 Å². The molecule has 0 saturated carbocycles. The summed E-state index contributed by atoms with van der Waals surface area (Å²) in [6.07, 6.45) is 1.000. The molecule has 2 atom stereocenters. The standard InChI is InChI=1S/C24H29N3O5/c1-15-20-13-22(32-4)21(31-3)10-16(20)8-9-26(15)24(29)25-17-11-23(28)27(14-17)18-6-5-7-19(12-18)30-2/h5-7,10,12-13,15,17H,8-9,11,14H2,1-4H3,(H,25,29)/t15-,17+/m0/s1. The zero-order valence-electron chi connectivity index (χ0n) is 18.9. The van der Waals surface area contributed by atoms with Gasteiger partial charge in [0.1, 0.15) is 5.75 Å². The van der Waals surface area contributed by atoms with Crippen molar-refractivity contribution in [2.24, 2.45) is 0 Å². The smallest absolute Gasteiger partial charge is 0.318 e. The lowest BCUT2D eigenvalue weighted by atomic mass is 9.93. The lowest BCUT2D eigenvalue weighted by Gasteiger charge is -2.36. The number of nitrogens with one attached hydrogen (secondary N) is 1. The van der Waals surface area contributed by atoms with E-state index in [1.807, 2.05) is 48.2 Å². The molecule has 2 aliphatic rings. The van der Waals surface area contributed by atoms with Crippen LogP contribution in [-0.2, 0) is 11.2 Å². The minimum Gasteiger partial charge on any atom is -0.497 e. The fourth-order valence-corrected chi connectivity index (χ4v) is 4.51. The number of anilines is 1. The lowest BCUT2D eigenvalue weighted by Crippen LogP contribution is -2.48. The van der Waals surface area contributed by atoms with Crippen LogP contribution < -0.4 is 24.4 Å². The van der Waals surface area contributed by atoms with E-state index < -0.39 is 0 Å². The third-order valence-electron chi connectivity index (χ3n) is 6.26. The van der Waals surface area contributed by atoms with E-state index in [2.05, 4.69) is 5.32 Å². The number of carbonyl (C=O) groups excluding carboxylic acids is 2. The molecule has 0 aliphatic carbocycles. The second kappa shape index (κ2) is 8.98. The van der Waals surface area contributed by atoms with Gasteiger partial charge in [-0.1, -0.05) is 6.07 Å². The van der Waals surface area contributed by atoms with Crippen LogP contribution in [0.2, 0.25) is 0 Å². The largest absolute Gasteiger partial charge is 0.497 e. The molecule has 0 aromatic heterocycles. The van der Waals surface area contributed by atoms with Crippen molar-refractivity contribution < 1.29 is 23.8 Å². The van der Waals surface area contributed by atoms with Crippen LogP contribution in [0.5, 0.6) is 17.2 Å². The molecule has 0 radical (unpaired) electrons. The molecule has 8 heteroatoms. The molecule has 8 nitrogen and oxygen atoms in total. The number of methoxy groups -OCH3 is 3. The molecule has 2 heterocycles. The van der Waals surface area contributed by atoms with E-state index in [4.69, 9.17) is 14.2 Å². The molecule has 3 amide bonds. The fourth-order valence-electron chi connectivity index (χ4n) is 4.51. The molecule has 2 aromatic rings. The maximum atomic E-state index is 13.1. The van der Waals surface area contributed by atoms with Gasteiger partial charge >= 0.3 is 6.03 Å². The van der Waals surface area contributed by atoms with E-state index in [0.29, 0.717) is 30.3 Å². The summed E-state index contributed by atoms with van der Waals surface area (Å²) in [7, 11) is 4.82. The lowest BCUT2D eigenvalue weighted by molar-refractivity contribution is -0.117. The number of benzene rings is 2. The van der Waals surface area contributed by atoms with Crippen LogP contribution in [0.3, 0.4) is 0 Å². The van der Waals surface area contributed by atoms with Crippen LogP contribution in [0.1, 0.15) is 30.5 Å². The van der Waals surface area contributed by atoms with Gasteiger partial charge in [-0.05, 0) is 48.7 Å². The summed E-state index contributed by atoms with van der Waals surface area (Å²) in [4.78, 5) is 29.2. The third kappa shape index (κ3) is 4.04. The third-order valence-corrected chi connectivity index (χ3v) is 6.26. The highest BCUT2D eigenvalue weighted by Gasteiger charge is 2.35. The first-order valence-electron chi connectivity index (χ1n) is 10.7. The molecule has 0 spiro atoms. The number of fused-ring (bicyclic) bond motifs is 1. The molecule has 4 rings (SSSR count). The number of nitrogens with zero attached hydrogens (tertiary/aromatic N) is 2. The maximum Gasteiger partial charge on any atom is 0.318 e. The van der Waals surface area contributed by atoms with Gasteiger partial charge < -0.3 is 29.3 Å². The minimum atomic E-state index is -0.250. The van der Waals surface area contributed by atoms with Crippen LogP contribution in [0.25, 0.3) is 0 Å². The summed E-state index contributed by atoms with van der Waals surface area (Å²) in [6, 6.07) is 10.8. The van der Waals surface area contributed by atoms with Gasteiger partial charge in [-0.15, -0.1) is 0 Å². The first kappa shape index (κ1) is 21.8. The monoisotopic (exact) mass is 439 g/mol. The van der Waals surface area contributed by atoms with Crippen molar-refractivity contribution in [1.29, 1.82) is 0 Å². The summed E-state index contributed by atoms with van der Waals surface area (Å²) in [5.41, 5.74) is 2.97. The van der Waals surface area contributed by atoms with Gasteiger partial charge in [-0.2, -0.15) is 0 Å². The second-order valence-electron chi connectivity index (χ2n) is 8.08. The zero-order valence-corrected chi connectivity index (χ0v) is 18.9. The van der Waals surface area contributed by atoms with Gasteiger partial charge in [-0.3, -0.25) is 4.79 Å². The molecule has 1 fully saturated rings. The fraction of sp³-hybridized carbons (Fsp3) is 0.417. The Morgan fingerprint density at radius 2 is 1.81 bits per heavy atom. The Morgan fingerprint density at radius 1 is 1.06 bits per heavy atom. The molecular formula is C24H29N3O5. The van der Waals surface area contributed by atoms with Crippen LogP contribution in [-0.4, -0.2) is 57.3 Å². The molecular weight excluding hydrogens is 410 g/mol. The number of amides is 3. The van der Waals surface area contributed by atoms with E-state index >= 15 is 0 Å². The first-order chi connectivity index (χ1) is 15.4. The Hall–Kier alpha value is -3.42. The Labute approximate surface area is 188 Å². The van der Waals surface area contributed by atoms with Crippen LogP contribution in [0, 0.1) is 0 Å². The Bertz CT molecular complexity index is 1020. The predicted octanol–water partition coefficient (Wildman–Crippen LogP) is 3.15. The SMILES string of the molecule is COc1cccc(N2C[C@H](NC(=O)N3CCc4cc(OC)c(OC)cc4[C@@H]3C)CC2=O)c1. The van der Waals surface area contributed by atoms with Gasteiger partial charge in [-0.25, -0.2) is 4.79 Å². The van der Waals surface area contributed by atoms with E-state index in [9.17, 15) is 9.59 Å². The quantitative estimate of drug-likeness (QED) is 0.774. The summed E-state index contributed by atoms with van der Waals surface area (Å²) < 4.78 is 16.1. The topological polar surface area (TPSA) is 80.3 Å². The molecule has 2 aliphatic heterocycles. The average molecular weight is 440 g/mol. The summed E-state index contributed by atoms with van der Waals surface area (Å²) in [5, 5.41) is 3.06.